The van der Waals surface area contributed by atoms with Gasteiger partial charge in [-0.25, -0.2) is 0 Å². The first-order valence-corrected chi connectivity index (χ1v) is 5.61. The molecule has 1 heterocycles. The van der Waals surface area contributed by atoms with E-state index < -0.39 is 11.9 Å². The summed E-state index contributed by atoms with van der Waals surface area (Å²) in [5.74, 6) is 0. The first kappa shape index (κ1) is 13.2. The summed E-state index contributed by atoms with van der Waals surface area (Å²) in [4.78, 5) is 0. The second-order valence-corrected chi connectivity index (χ2v) is 4.50. The largest absolute Gasteiger partial charge is 0.433 e. The minimum absolute atomic E-state index is 0.159. The molecule has 0 N–H and O–H groups in total. The van der Waals surface area contributed by atoms with E-state index in [4.69, 9.17) is 23.2 Å². The Morgan fingerprint density at radius 3 is 2.33 bits per heavy atom. The maximum atomic E-state index is 12.6. The molecule has 0 unspecified atom stereocenters. The molecular weight excluding hydrogens is 288 g/mol. The van der Waals surface area contributed by atoms with Gasteiger partial charge in [0.05, 0.1) is 10.7 Å². The lowest BCUT2D eigenvalue weighted by Gasteiger charge is -2.04. The van der Waals surface area contributed by atoms with E-state index in [1.54, 1.807) is 6.07 Å². The summed E-state index contributed by atoms with van der Waals surface area (Å²) < 4.78 is 38.7. The molecule has 0 radical (unpaired) electrons. The Morgan fingerprint density at radius 2 is 1.83 bits per heavy atom. The zero-order valence-electron chi connectivity index (χ0n) is 9.09. The van der Waals surface area contributed by atoms with Gasteiger partial charge in [0.1, 0.15) is 5.69 Å². The first-order valence-electron chi connectivity index (χ1n) is 4.85. The highest BCUT2D eigenvalue weighted by Crippen LogP contribution is 2.34. The zero-order chi connectivity index (χ0) is 13.5. The van der Waals surface area contributed by atoms with Crippen LogP contribution in [0.4, 0.5) is 13.2 Å². The molecule has 0 aliphatic rings. The number of hydrogen-bond acceptors (Lipinski definition) is 1. The van der Waals surface area contributed by atoms with E-state index in [9.17, 15) is 13.2 Å². The Kier molecular flexibility index (Phi) is 3.29. The Labute approximate surface area is 111 Å². The molecule has 96 valence electrons. The zero-order valence-corrected chi connectivity index (χ0v) is 10.6. The highest BCUT2D eigenvalue weighted by molar-refractivity contribution is 6.36. The lowest BCUT2D eigenvalue weighted by Crippen LogP contribution is -2.11. The monoisotopic (exact) mass is 294 g/mol. The lowest BCUT2D eigenvalue weighted by atomic mass is 10.1. The normalized spacial score (nSPS) is 11.9. The highest BCUT2D eigenvalue weighted by Gasteiger charge is 2.35. The van der Waals surface area contributed by atoms with Crippen molar-refractivity contribution < 1.29 is 13.2 Å². The van der Waals surface area contributed by atoms with Crippen molar-refractivity contribution in [2.45, 2.75) is 6.18 Å². The van der Waals surface area contributed by atoms with Crippen LogP contribution in [0.3, 0.4) is 0 Å². The molecule has 0 saturated heterocycles. The van der Waals surface area contributed by atoms with Gasteiger partial charge in [0, 0.05) is 17.6 Å². The fourth-order valence-corrected chi connectivity index (χ4v) is 2.07. The van der Waals surface area contributed by atoms with Crippen LogP contribution >= 0.6 is 23.2 Å². The molecule has 2 rings (SSSR count). The number of hydrogen-bond donors (Lipinski definition) is 0. The average Bonchev–Trinajstić information content (AvgIpc) is 2.59. The standard InChI is InChI=1S/C11H7Cl2F3N2/c1-18-10(11(14,15)16)5-9(17-18)7-3-2-6(12)4-8(7)13/h2-5H,1H3. The van der Waals surface area contributed by atoms with E-state index in [1.807, 2.05) is 0 Å². The molecule has 0 saturated carbocycles. The molecule has 0 aliphatic heterocycles. The van der Waals surface area contributed by atoms with Gasteiger partial charge in [0.2, 0.25) is 0 Å². The maximum Gasteiger partial charge on any atom is 0.433 e. The maximum absolute atomic E-state index is 12.6. The molecule has 0 amide bonds. The van der Waals surface area contributed by atoms with Crippen LogP contribution in [0.25, 0.3) is 11.3 Å². The number of rotatable bonds is 1. The van der Waals surface area contributed by atoms with Crippen molar-refractivity contribution >= 4 is 23.2 Å². The van der Waals surface area contributed by atoms with Gasteiger partial charge in [0.25, 0.3) is 0 Å². The van der Waals surface area contributed by atoms with Crippen LogP contribution in [0.1, 0.15) is 5.69 Å². The van der Waals surface area contributed by atoms with E-state index in [-0.39, 0.29) is 10.7 Å². The molecule has 0 atom stereocenters. The van der Waals surface area contributed by atoms with Crippen molar-refractivity contribution in [2.75, 3.05) is 0 Å². The Bertz CT molecular complexity index is 590. The van der Waals surface area contributed by atoms with Gasteiger partial charge >= 0.3 is 6.18 Å². The Balaban J connectivity index is 2.53. The van der Waals surface area contributed by atoms with Gasteiger partial charge in [-0.1, -0.05) is 23.2 Å². The third-order valence-electron chi connectivity index (χ3n) is 2.38. The van der Waals surface area contributed by atoms with Crippen molar-refractivity contribution in [3.63, 3.8) is 0 Å². The third-order valence-corrected chi connectivity index (χ3v) is 2.93. The molecule has 0 bridgehead atoms. The molecule has 2 nitrogen and oxygen atoms in total. The fraction of sp³-hybridized carbons (Fsp3) is 0.182. The minimum Gasteiger partial charge on any atom is -0.263 e. The van der Waals surface area contributed by atoms with Crippen LogP contribution in [0.5, 0.6) is 0 Å². The molecule has 1 aromatic heterocycles. The Morgan fingerprint density at radius 1 is 1.17 bits per heavy atom. The van der Waals surface area contributed by atoms with E-state index in [0.717, 1.165) is 10.7 Å². The first-order chi connectivity index (χ1) is 8.29. The van der Waals surface area contributed by atoms with Crippen molar-refractivity contribution in [1.82, 2.24) is 9.78 Å². The quantitative estimate of drug-likeness (QED) is 0.762. The fourth-order valence-electron chi connectivity index (χ4n) is 1.56. The van der Waals surface area contributed by atoms with Gasteiger partial charge in [-0.15, -0.1) is 0 Å². The van der Waals surface area contributed by atoms with Crippen LogP contribution in [-0.2, 0) is 13.2 Å². The van der Waals surface area contributed by atoms with Crippen LogP contribution in [0.2, 0.25) is 10.0 Å². The minimum atomic E-state index is -4.45. The molecule has 2 aromatic rings. The molecule has 18 heavy (non-hydrogen) atoms. The number of aryl methyl sites for hydroxylation is 1. The van der Waals surface area contributed by atoms with Crippen molar-refractivity contribution in [3.8, 4) is 11.3 Å². The van der Waals surface area contributed by atoms with Crippen LogP contribution < -0.4 is 0 Å². The second-order valence-electron chi connectivity index (χ2n) is 3.66. The van der Waals surface area contributed by atoms with Crippen molar-refractivity contribution in [3.05, 3.63) is 40.0 Å². The van der Waals surface area contributed by atoms with E-state index >= 15 is 0 Å². The van der Waals surface area contributed by atoms with Gasteiger partial charge in [-0.05, 0) is 24.3 Å². The van der Waals surface area contributed by atoms with Crippen LogP contribution in [0, 0.1) is 0 Å². The summed E-state index contributed by atoms with van der Waals surface area (Å²) in [6.07, 6.45) is -4.45. The van der Waals surface area contributed by atoms with Gasteiger partial charge < -0.3 is 0 Å². The van der Waals surface area contributed by atoms with E-state index in [2.05, 4.69) is 5.10 Å². The average molecular weight is 295 g/mol. The molecule has 0 spiro atoms. The van der Waals surface area contributed by atoms with E-state index in [0.29, 0.717) is 10.6 Å². The number of halogens is 5. The van der Waals surface area contributed by atoms with E-state index in [1.165, 1.54) is 19.2 Å². The van der Waals surface area contributed by atoms with Gasteiger partial charge in [-0.2, -0.15) is 18.3 Å². The molecule has 1 aromatic carbocycles. The highest BCUT2D eigenvalue weighted by atomic mass is 35.5. The summed E-state index contributed by atoms with van der Waals surface area (Å²) in [5, 5.41) is 4.48. The summed E-state index contributed by atoms with van der Waals surface area (Å²) in [6.45, 7) is 0. The number of aromatic nitrogens is 2. The predicted molar refractivity (Wildman–Crippen MR) is 63.7 cm³/mol. The van der Waals surface area contributed by atoms with Crippen molar-refractivity contribution in [1.29, 1.82) is 0 Å². The SMILES string of the molecule is Cn1nc(-c2ccc(Cl)cc2Cl)cc1C(F)(F)F. The summed E-state index contributed by atoms with van der Waals surface area (Å²) in [6, 6.07) is 5.49. The van der Waals surface area contributed by atoms with Gasteiger partial charge in [0.15, 0.2) is 0 Å². The van der Waals surface area contributed by atoms with Gasteiger partial charge in [-0.3, -0.25) is 4.68 Å². The van der Waals surface area contributed by atoms with Crippen LogP contribution in [0.15, 0.2) is 24.3 Å². The topological polar surface area (TPSA) is 17.8 Å². The molecule has 0 fully saturated rings. The third kappa shape index (κ3) is 2.47. The summed E-state index contributed by atoms with van der Waals surface area (Å²) in [5.41, 5.74) is -0.262. The summed E-state index contributed by atoms with van der Waals surface area (Å²) in [7, 11) is 1.23. The molecular formula is C11H7Cl2F3N2. The Hall–Kier alpha value is -1.20. The summed E-state index contributed by atoms with van der Waals surface area (Å²) >= 11 is 11.6. The lowest BCUT2D eigenvalue weighted by molar-refractivity contribution is -0.143. The second kappa shape index (κ2) is 4.48. The van der Waals surface area contributed by atoms with Crippen LogP contribution in [-0.4, -0.2) is 9.78 Å². The number of alkyl halides is 3. The predicted octanol–water partition coefficient (Wildman–Crippen LogP) is 4.41. The molecule has 7 heteroatoms. The molecule has 0 aliphatic carbocycles. The number of nitrogens with zero attached hydrogens (tertiary/aromatic N) is 2. The smallest absolute Gasteiger partial charge is 0.263 e. The van der Waals surface area contributed by atoms with Crippen molar-refractivity contribution in [2.24, 2.45) is 7.05 Å². The number of benzene rings is 1.